The van der Waals surface area contributed by atoms with Crippen LogP contribution < -0.4 is 15.2 Å². The second kappa shape index (κ2) is 6.42. The van der Waals surface area contributed by atoms with Crippen molar-refractivity contribution in [1.29, 1.82) is 0 Å². The lowest BCUT2D eigenvalue weighted by molar-refractivity contribution is 0.125. The SMILES string of the molecule is COc1ccc(C)cc1S(=O)(=O)NC1C2CCCC1CC(N)C2. The predicted molar refractivity (Wildman–Crippen MR) is 89.9 cm³/mol. The molecule has 1 aromatic rings. The van der Waals surface area contributed by atoms with Gasteiger partial charge in [0, 0.05) is 12.1 Å². The van der Waals surface area contributed by atoms with Gasteiger partial charge in [-0.15, -0.1) is 0 Å². The first-order valence-electron chi connectivity index (χ1n) is 8.33. The maximum Gasteiger partial charge on any atom is 0.244 e. The molecule has 2 atom stereocenters. The molecule has 2 fully saturated rings. The highest BCUT2D eigenvalue weighted by Gasteiger charge is 2.41. The first-order valence-corrected chi connectivity index (χ1v) is 9.81. The summed E-state index contributed by atoms with van der Waals surface area (Å²) in [6.45, 7) is 1.88. The smallest absolute Gasteiger partial charge is 0.244 e. The van der Waals surface area contributed by atoms with Crippen LogP contribution in [0.4, 0.5) is 0 Å². The molecule has 2 saturated carbocycles. The van der Waals surface area contributed by atoms with Crippen molar-refractivity contribution in [1.82, 2.24) is 4.72 Å². The van der Waals surface area contributed by atoms with Crippen LogP contribution in [0.15, 0.2) is 23.1 Å². The molecule has 2 bridgehead atoms. The number of rotatable bonds is 4. The Morgan fingerprint density at radius 2 is 1.87 bits per heavy atom. The minimum Gasteiger partial charge on any atom is -0.495 e. The number of sulfonamides is 1. The van der Waals surface area contributed by atoms with Gasteiger partial charge in [0.05, 0.1) is 7.11 Å². The summed E-state index contributed by atoms with van der Waals surface area (Å²) in [6, 6.07) is 5.44. The minimum atomic E-state index is -3.60. The zero-order chi connectivity index (χ0) is 16.6. The van der Waals surface area contributed by atoms with Gasteiger partial charge in [-0.05, 0) is 62.1 Å². The Morgan fingerprint density at radius 1 is 1.22 bits per heavy atom. The summed E-state index contributed by atoms with van der Waals surface area (Å²) >= 11 is 0. The molecule has 0 aromatic heterocycles. The Labute approximate surface area is 138 Å². The molecule has 2 aliphatic carbocycles. The van der Waals surface area contributed by atoms with Crippen molar-refractivity contribution in [2.45, 2.75) is 56.0 Å². The molecule has 23 heavy (non-hydrogen) atoms. The number of nitrogens with one attached hydrogen (secondary N) is 1. The molecule has 0 spiro atoms. The molecular formula is C17H26N2O3S. The Bertz CT molecular complexity index is 660. The topological polar surface area (TPSA) is 81.4 Å². The molecule has 3 rings (SSSR count). The van der Waals surface area contributed by atoms with Crippen LogP contribution in [-0.2, 0) is 10.0 Å². The lowest BCUT2D eigenvalue weighted by Gasteiger charge is -2.45. The van der Waals surface area contributed by atoms with Crippen LogP contribution in [0.2, 0.25) is 0 Å². The second-order valence-electron chi connectivity index (χ2n) is 6.98. The highest BCUT2D eigenvalue weighted by Crippen LogP contribution is 2.40. The lowest BCUT2D eigenvalue weighted by atomic mass is 9.67. The number of ether oxygens (including phenoxy) is 1. The van der Waals surface area contributed by atoms with Gasteiger partial charge in [0.25, 0.3) is 0 Å². The van der Waals surface area contributed by atoms with E-state index in [2.05, 4.69) is 4.72 Å². The van der Waals surface area contributed by atoms with E-state index in [1.807, 2.05) is 13.0 Å². The van der Waals surface area contributed by atoms with Crippen molar-refractivity contribution >= 4 is 10.0 Å². The maximum absolute atomic E-state index is 12.9. The molecule has 128 valence electrons. The third-order valence-electron chi connectivity index (χ3n) is 5.28. The fourth-order valence-electron chi connectivity index (χ4n) is 4.22. The molecule has 2 unspecified atom stereocenters. The van der Waals surface area contributed by atoms with Crippen molar-refractivity contribution in [2.75, 3.05) is 7.11 Å². The van der Waals surface area contributed by atoms with E-state index in [9.17, 15) is 8.42 Å². The molecule has 1 aromatic carbocycles. The fourth-order valence-corrected chi connectivity index (χ4v) is 5.85. The summed E-state index contributed by atoms with van der Waals surface area (Å²) in [5.74, 6) is 1.09. The summed E-state index contributed by atoms with van der Waals surface area (Å²) in [5, 5.41) is 0. The number of hydrogen-bond donors (Lipinski definition) is 2. The number of aryl methyl sites for hydroxylation is 1. The van der Waals surface area contributed by atoms with E-state index in [-0.39, 0.29) is 17.0 Å². The Kier molecular flexibility index (Phi) is 4.67. The molecule has 0 aliphatic heterocycles. The van der Waals surface area contributed by atoms with Crippen LogP contribution in [0.3, 0.4) is 0 Å². The van der Waals surface area contributed by atoms with Gasteiger partial charge in [0.2, 0.25) is 10.0 Å². The second-order valence-corrected chi connectivity index (χ2v) is 8.67. The predicted octanol–water partition coefficient (Wildman–Crippen LogP) is 2.19. The van der Waals surface area contributed by atoms with E-state index < -0.39 is 10.0 Å². The van der Waals surface area contributed by atoms with Crippen molar-refractivity contribution in [3.8, 4) is 5.75 Å². The number of benzene rings is 1. The van der Waals surface area contributed by atoms with Gasteiger partial charge in [0.15, 0.2) is 0 Å². The minimum absolute atomic E-state index is 0.00114. The number of hydrogen-bond acceptors (Lipinski definition) is 4. The van der Waals surface area contributed by atoms with E-state index in [0.29, 0.717) is 17.6 Å². The van der Waals surface area contributed by atoms with E-state index in [0.717, 1.165) is 31.2 Å². The van der Waals surface area contributed by atoms with E-state index in [1.54, 1.807) is 12.1 Å². The number of fused-ring (bicyclic) bond motifs is 2. The summed E-state index contributed by atoms with van der Waals surface area (Å²) in [7, 11) is -2.10. The summed E-state index contributed by atoms with van der Waals surface area (Å²) in [5.41, 5.74) is 7.03. The Hall–Kier alpha value is -1.11. The van der Waals surface area contributed by atoms with Gasteiger partial charge in [-0.1, -0.05) is 12.5 Å². The van der Waals surface area contributed by atoms with E-state index in [1.165, 1.54) is 13.5 Å². The molecule has 2 aliphatic rings. The average Bonchev–Trinajstić information content (AvgIpc) is 2.48. The van der Waals surface area contributed by atoms with Crippen molar-refractivity contribution < 1.29 is 13.2 Å². The molecule has 0 saturated heterocycles. The first-order chi connectivity index (χ1) is 10.9. The molecule has 3 N–H and O–H groups in total. The van der Waals surface area contributed by atoms with Crippen LogP contribution in [0, 0.1) is 18.8 Å². The highest BCUT2D eigenvalue weighted by atomic mass is 32.2. The quantitative estimate of drug-likeness (QED) is 0.882. The normalized spacial score (nSPS) is 30.9. The third-order valence-corrected chi connectivity index (χ3v) is 6.76. The van der Waals surface area contributed by atoms with E-state index in [4.69, 9.17) is 10.5 Å². The Morgan fingerprint density at radius 3 is 2.48 bits per heavy atom. The van der Waals surface area contributed by atoms with Gasteiger partial charge >= 0.3 is 0 Å². The van der Waals surface area contributed by atoms with Crippen molar-refractivity contribution in [2.24, 2.45) is 17.6 Å². The van der Waals surface area contributed by atoms with Crippen molar-refractivity contribution in [3.63, 3.8) is 0 Å². The molecule has 0 heterocycles. The molecule has 6 heteroatoms. The number of methoxy groups -OCH3 is 1. The zero-order valence-electron chi connectivity index (χ0n) is 13.8. The van der Waals surface area contributed by atoms with Crippen LogP contribution in [0.1, 0.15) is 37.7 Å². The average molecular weight is 338 g/mol. The van der Waals surface area contributed by atoms with Crippen LogP contribution in [0.5, 0.6) is 5.75 Å². The van der Waals surface area contributed by atoms with Crippen LogP contribution in [-0.4, -0.2) is 27.6 Å². The van der Waals surface area contributed by atoms with Crippen LogP contribution in [0.25, 0.3) is 0 Å². The van der Waals surface area contributed by atoms with Gasteiger partial charge < -0.3 is 10.5 Å². The zero-order valence-corrected chi connectivity index (χ0v) is 14.6. The van der Waals surface area contributed by atoms with Crippen LogP contribution >= 0.6 is 0 Å². The largest absolute Gasteiger partial charge is 0.495 e. The maximum atomic E-state index is 12.9. The monoisotopic (exact) mass is 338 g/mol. The lowest BCUT2D eigenvalue weighted by Crippen LogP contribution is -2.53. The number of nitrogens with two attached hydrogens (primary N) is 1. The van der Waals surface area contributed by atoms with Gasteiger partial charge in [-0.3, -0.25) is 0 Å². The van der Waals surface area contributed by atoms with Gasteiger partial charge in [-0.25, -0.2) is 13.1 Å². The standard InChI is InChI=1S/C17H26N2O3S/c1-11-6-7-15(22-2)16(8-11)23(20,21)19-17-12-4-3-5-13(17)10-14(18)9-12/h6-8,12-14,17,19H,3-5,9-10,18H2,1-2H3. The first kappa shape index (κ1) is 16.7. The van der Waals surface area contributed by atoms with E-state index >= 15 is 0 Å². The highest BCUT2D eigenvalue weighted by molar-refractivity contribution is 7.89. The van der Waals surface area contributed by atoms with Gasteiger partial charge in [-0.2, -0.15) is 0 Å². The Balaban J connectivity index is 1.88. The summed E-state index contributed by atoms with van der Waals surface area (Å²) in [4.78, 5) is 0.230. The summed E-state index contributed by atoms with van der Waals surface area (Å²) in [6.07, 6.45) is 5.11. The molecule has 0 radical (unpaired) electrons. The third kappa shape index (κ3) is 3.39. The fraction of sp³-hybridized carbons (Fsp3) is 0.647. The molecular weight excluding hydrogens is 312 g/mol. The summed E-state index contributed by atoms with van der Waals surface area (Å²) < 4.78 is 34.1. The van der Waals surface area contributed by atoms with Gasteiger partial charge in [0.1, 0.15) is 10.6 Å². The molecule has 0 amide bonds. The molecule has 5 nitrogen and oxygen atoms in total. The van der Waals surface area contributed by atoms with Crippen molar-refractivity contribution in [3.05, 3.63) is 23.8 Å².